The van der Waals surface area contributed by atoms with Crippen LogP contribution < -0.4 is 0 Å². The molecular weight excluding hydrogens is 460 g/mol. The normalized spacial score (nSPS) is 11.5. The lowest BCUT2D eigenvalue weighted by Crippen LogP contribution is -2.10. The minimum absolute atomic E-state index is 0.142. The summed E-state index contributed by atoms with van der Waals surface area (Å²) in [5, 5.41) is 3.08. The van der Waals surface area contributed by atoms with Crippen LogP contribution in [0.25, 0.3) is 33.0 Å². The molecule has 0 saturated carbocycles. The molecule has 0 amide bonds. The molecular formula is C29H27BrO2. The molecule has 0 heterocycles. The summed E-state index contributed by atoms with van der Waals surface area (Å²) in [6.07, 6.45) is 0. The second kappa shape index (κ2) is 8.91. The zero-order valence-electron chi connectivity index (χ0n) is 18.9. The van der Waals surface area contributed by atoms with Gasteiger partial charge in [0.15, 0.2) is 0 Å². The zero-order valence-corrected chi connectivity index (χ0v) is 20.5. The third-order valence-corrected chi connectivity index (χ3v) is 6.53. The van der Waals surface area contributed by atoms with Crippen LogP contribution in [0.5, 0.6) is 0 Å². The molecule has 0 aliphatic carbocycles. The summed E-state index contributed by atoms with van der Waals surface area (Å²) in [6.45, 7) is 6.71. The highest BCUT2D eigenvalue weighted by atomic mass is 79.9. The molecule has 3 heteroatoms. The maximum atomic E-state index is 11.9. The Balaban J connectivity index is 1.76. The van der Waals surface area contributed by atoms with E-state index in [2.05, 4.69) is 97.4 Å². The molecule has 0 atom stereocenters. The van der Waals surface area contributed by atoms with Gasteiger partial charge in [0.2, 0.25) is 0 Å². The molecule has 0 aliphatic rings. The summed E-state index contributed by atoms with van der Waals surface area (Å²) in [7, 11) is 1.40. The summed E-state index contributed by atoms with van der Waals surface area (Å²) in [5.41, 5.74) is 7.79. The predicted octanol–water partition coefficient (Wildman–Crippen LogP) is 8.15. The number of benzene rings is 4. The largest absolute Gasteiger partial charge is 0.465 e. The Hall–Kier alpha value is -2.91. The minimum atomic E-state index is -0.320. The minimum Gasteiger partial charge on any atom is -0.465 e. The molecule has 0 aromatic heterocycles. The van der Waals surface area contributed by atoms with Crippen LogP contribution in [-0.4, -0.2) is 13.1 Å². The summed E-state index contributed by atoms with van der Waals surface area (Å²) < 4.78 is 4.87. The van der Waals surface area contributed by atoms with Gasteiger partial charge in [-0.3, -0.25) is 0 Å². The molecule has 0 aliphatic heterocycles. The van der Waals surface area contributed by atoms with Crippen molar-refractivity contribution in [2.24, 2.45) is 0 Å². The fourth-order valence-electron chi connectivity index (χ4n) is 4.08. The molecule has 0 unspecified atom stereocenters. The highest BCUT2D eigenvalue weighted by molar-refractivity contribution is 9.08. The Morgan fingerprint density at radius 2 is 1.56 bits per heavy atom. The number of alkyl halides is 1. The smallest absolute Gasteiger partial charge is 0.337 e. The molecule has 4 rings (SSSR count). The van der Waals surface area contributed by atoms with Crippen molar-refractivity contribution < 1.29 is 9.53 Å². The molecule has 0 bridgehead atoms. The number of methoxy groups -OCH3 is 1. The van der Waals surface area contributed by atoms with Gasteiger partial charge in [-0.15, -0.1) is 0 Å². The summed E-state index contributed by atoms with van der Waals surface area (Å²) >= 11 is 3.57. The molecule has 2 nitrogen and oxygen atoms in total. The van der Waals surface area contributed by atoms with Crippen LogP contribution in [0.1, 0.15) is 42.3 Å². The van der Waals surface area contributed by atoms with Crippen molar-refractivity contribution in [3.63, 3.8) is 0 Å². The van der Waals surface area contributed by atoms with Gasteiger partial charge in [0, 0.05) is 5.33 Å². The van der Waals surface area contributed by atoms with Crippen molar-refractivity contribution >= 4 is 32.7 Å². The SMILES string of the molecule is COC(=O)c1ccc(-c2ccc3c(-c4ccc(C(C)(C)C)cc4)cccc3c2)c(CBr)c1. The summed E-state index contributed by atoms with van der Waals surface area (Å²) in [6, 6.07) is 27.7. The number of ether oxygens (including phenoxy) is 1. The van der Waals surface area contributed by atoms with E-state index in [0.717, 1.165) is 16.7 Å². The maximum Gasteiger partial charge on any atom is 0.337 e. The van der Waals surface area contributed by atoms with Crippen molar-refractivity contribution in [1.82, 2.24) is 0 Å². The van der Waals surface area contributed by atoms with E-state index >= 15 is 0 Å². The number of carbonyl (C=O) groups is 1. The third-order valence-electron chi connectivity index (χ3n) is 5.92. The Kier molecular flexibility index (Phi) is 6.21. The highest BCUT2D eigenvalue weighted by Crippen LogP contribution is 2.34. The average molecular weight is 487 g/mol. The van der Waals surface area contributed by atoms with E-state index in [9.17, 15) is 4.79 Å². The molecule has 0 N–H and O–H groups in total. The Morgan fingerprint density at radius 1 is 0.844 bits per heavy atom. The van der Waals surface area contributed by atoms with E-state index in [0.29, 0.717) is 10.9 Å². The van der Waals surface area contributed by atoms with E-state index in [1.54, 1.807) is 0 Å². The first-order chi connectivity index (χ1) is 15.3. The molecule has 4 aromatic rings. The van der Waals surface area contributed by atoms with E-state index < -0.39 is 0 Å². The molecule has 0 fully saturated rings. The van der Waals surface area contributed by atoms with Gasteiger partial charge in [-0.1, -0.05) is 97.4 Å². The number of fused-ring (bicyclic) bond motifs is 1. The highest BCUT2D eigenvalue weighted by Gasteiger charge is 2.14. The van der Waals surface area contributed by atoms with Gasteiger partial charge >= 0.3 is 5.97 Å². The summed E-state index contributed by atoms with van der Waals surface area (Å²) in [5.74, 6) is -0.320. The van der Waals surface area contributed by atoms with Gasteiger partial charge in [-0.25, -0.2) is 4.79 Å². The van der Waals surface area contributed by atoms with Gasteiger partial charge in [0.25, 0.3) is 0 Å². The van der Waals surface area contributed by atoms with Crippen LogP contribution >= 0.6 is 15.9 Å². The molecule has 0 spiro atoms. The quantitative estimate of drug-likeness (QED) is 0.214. The molecule has 4 aromatic carbocycles. The Morgan fingerprint density at radius 3 is 2.22 bits per heavy atom. The predicted molar refractivity (Wildman–Crippen MR) is 137 cm³/mol. The lowest BCUT2D eigenvalue weighted by Gasteiger charge is -2.19. The zero-order chi connectivity index (χ0) is 22.9. The van der Waals surface area contributed by atoms with Crippen LogP contribution in [-0.2, 0) is 15.5 Å². The van der Waals surface area contributed by atoms with Crippen molar-refractivity contribution in [2.45, 2.75) is 31.5 Å². The van der Waals surface area contributed by atoms with E-state index in [1.807, 2.05) is 18.2 Å². The van der Waals surface area contributed by atoms with Crippen LogP contribution in [0.3, 0.4) is 0 Å². The van der Waals surface area contributed by atoms with Gasteiger partial charge in [-0.05, 0) is 67.8 Å². The molecule has 162 valence electrons. The van der Waals surface area contributed by atoms with Crippen LogP contribution in [0.4, 0.5) is 0 Å². The number of hydrogen-bond acceptors (Lipinski definition) is 2. The van der Waals surface area contributed by atoms with Crippen molar-refractivity contribution in [3.8, 4) is 22.3 Å². The van der Waals surface area contributed by atoms with Gasteiger partial charge in [0.1, 0.15) is 0 Å². The van der Waals surface area contributed by atoms with E-state index in [4.69, 9.17) is 4.74 Å². The van der Waals surface area contributed by atoms with Gasteiger partial charge < -0.3 is 4.74 Å². The van der Waals surface area contributed by atoms with Crippen molar-refractivity contribution in [3.05, 3.63) is 95.6 Å². The van der Waals surface area contributed by atoms with Crippen molar-refractivity contribution in [2.75, 3.05) is 7.11 Å². The van der Waals surface area contributed by atoms with Gasteiger partial charge in [-0.2, -0.15) is 0 Å². The molecule has 0 saturated heterocycles. The maximum absolute atomic E-state index is 11.9. The number of carbonyl (C=O) groups excluding carboxylic acids is 1. The second-order valence-corrected chi connectivity index (χ2v) is 9.63. The number of rotatable bonds is 4. The molecule has 32 heavy (non-hydrogen) atoms. The fourth-order valence-corrected chi connectivity index (χ4v) is 4.55. The first-order valence-electron chi connectivity index (χ1n) is 10.7. The number of hydrogen-bond donors (Lipinski definition) is 0. The lowest BCUT2D eigenvalue weighted by molar-refractivity contribution is 0.0600. The average Bonchev–Trinajstić information content (AvgIpc) is 2.82. The van der Waals surface area contributed by atoms with Crippen LogP contribution in [0, 0.1) is 0 Å². The summed E-state index contributed by atoms with van der Waals surface area (Å²) in [4.78, 5) is 11.9. The third kappa shape index (κ3) is 4.35. The van der Waals surface area contributed by atoms with Crippen molar-refractivity contribution in [1.29, 1.82) is 0 Å². The Labute approximate surface area is 198 Å². The first-order valence-corrected chi connectivity index (χ1v) is 11.9. The molecule has 0 radical (unpaired) electrons. The standard InChI is InChI=1S/C29H27BrO2/c1-29(2,3)24-12-8-19(9-13-24)26-7-5-6-20-16-21(10-15-27(20)26)25-14-11-22(28(31)32-4)17-23(25)18-30/h5-17H,18H2,1-4H3. The number of esters is 1. The fraction of sp³-hybridized carbons (Fsp3) is 0.207. The second-order valence-electron chi connectivity index (χ2n) is 9.07. The van der Waals surface area contributed by atoms with E-state index in [-0.39, 0.29) is 11.4 Å². The lowest BCUT2D eigenvalue weighted by atomic mass is 9.86. The topological polar surface area (TPSA) is 26.3 Å². The Bertz CT molecular complexity index is 1280. The first kappa shape index (κ1) is 22.3. The monoisotopic (exact) mass is 486 g/mol. The van der Waals surface area contributed by atoms with Crippen LogP contribution in [0.15, 0.2) is 78.9 Å². The van der Waals surface area contributed by atoms with Crippen LogP contribution in [0.2, 0.25) is 0 Å². The number of halogens is 1. The van der Waals surface area contributed by atoms with E-state index in [1.165, 1.54) is 34.6 Å². The van der Waals surface area contributed by atoms with Gasteiger partial charge in [0.05, 0.1) is 12.7 Å².